The van der Waals surface area contributed by atoms with Gasteiger partial charge in [-0.3, -0.25) is 0 Å². The van der Waals surface area contributed by atoms with Gasteiger partial charge >= 0.3 is 6.03 Å². The van der Waals surface area contributed by atoms with Crippen LogP contribution in [0.15, 0.2) is 12.3 Å². The standard InChI is InChI=1S/C14H24N2O/c1-3-4-7-15-14(17)16-10(2)13-9-11-5-6-12(13)8-11/h4,7,10-13H,3,5-6,8-9H2,1-2H3,(H2,15,16,17)/b7-4+. The van der Waals surface area contributed by atoms with Gasteiger partial charge in [0.25, 0.3) is 0 Å². The summed E-state index contributed by atoms with van der Waals surface area (Å²) in [5.74, 6) is 2.51. The molecular formula is C14H24N2O. The summed E-state index contributed by atoms with van der Waals surface area (Å²) in [7, 11) is 0. The van der Waals surface area contributed by atoms with Crippen molar-refractivity contribution < 1.29 is 4.79 Å². The molecule has 0 aromatic heterocycles. The van der Waals surface area contributed by atoms with Crippen molar-refractivity contribution in [3.8, 4) is 0 Å². The van der Waals surface area contributed by atoms with Crippen LogP contribution in [0.5, 0.6) is 0 Å². The normalized spacial score (nSPS) is 32.9. The molecule has 2 bridgehead atoms. The Morgan fingerprint density at radius 2 is 2.24 bits per heavy atom. The first-order valence-corrected chi connectivity index (χ1v) is 6.92. The number of hydrogen-bond acceptors (Lipinski definition) is 1. The van der Waals surface area contributed by atoms with Crippen molar-refractivity contribution in [2.24, 2.45) is 17.8 Å². The van der Waals surface area contributed by atoms with Crippen LogP contribution >= 0.6 is 0 Å². The van der Waals surface area contributed by atoms with Gasteiger partial charge in [0.1, 0.15) is 0 Å². The average Bonchev–Trinajstić information content (AvgIpc) is 2.91. The van der Waals surface area contributed by atoms with Gasteiger partial charge in [-0.15, -0.1) is 0 Å². The van der Waals surface area contributed by atoms with Gasteiger partial charge in [0.15, 0.2) is 0 Å². The van der Waals surface area contributed by atoms with Crippen molar-refractivity contribution in [1.29, 1.82) is 0 Å². The molecule has 2 aliphatic carbocycles. The minimum atomic E-state index is -0.0648. The summed E-state index contributed by atoms with van der Waals surface area (Å²) in [6, 6.07) is 0.241. The highest BCUT2D eigenvalue weighted by atomic mass is 16.2. The van der Waals surface area contributed by atoms with Gasteiger partial charge < -0.3 is 10.6 Å². The van der Waals surface area contributed by atoms with Gasteiger partial charge in [0, 0.05) is 12.2 Å². The van der Waals surface area contributed by atoms with Crippen LogP contribution in [0.4, 0.5) is 4.79 Å². The maximum absolute atomic E-state index is 11.6. The highest BCUT2D eigenvalue weighted by Crippen LogP contribution is 2.49. The van der Waals surface area contributed by atoms with E-state index in [1.54, 1.807) is 6.20 Å². The fourth-order valence-corrected chi connectivity index (χ4v) is 3.51. The molecule has 3 nitrogen and oxygen atoms in total. The molecule has 0 radical (unpaired) electrons. The van der Waals surface area contributed by atoms with Gasteiger partial charge in [0.05, 0.1) is 0 Å². The molecule has 4 atom stereocenters. The van der Waals surface area contributed by atoms with E-state index in [9.17, 15) is 4.79 Å². The van der Waals surface area contributed by atoms with Crippen LogP contribution in [0.25, 0.3) is 0 Å². The second-order valence-corrected chi connectivity index (χ2v) is 5.56. The second kappa shape index (κ2) is 5.56. The van der Waals surface area contributed by atoms with E-state index in [-0.39, 0.29) is 6.03 Å². The van der Waals surface area contributed by atoms with Gasteiger partial charge in [-0.2, -0.15) is 0 Å². The Hall–Kier alpha value is -0.990. The van der Waals surface area contributed by atoms with Crippen LogP contribution < -0.4 is 10.6 Å². The summed E-state index contributed by atoms with van der Waals surface area (Å²) in [5, 5.41) is 5.82. The highest BCUT2D eigenvalue weighted by Gasteiger charge is 2.42. The summed E-state index contributed by atoms with van der Waals surface area (Å²) in [4.78, 5) is 11.6. The summed E-state index contributed by atoms with van der Waals surface area (Å²) < 4.78 is 0. The lowest BCUT2D eigenvalue weighted by atomic mass is 9.84. The monoisotopic (exact) mass is 236 g/mol. The minimum absolute atomic E-state index is 0.0648. The zero-order valence-corrected chi connectivity index (χ0v) is 10.9. The Balaban J connectivity index is 1.75. The van der Waals surface area contributed by atoms with Crippen molar-refractivity contribution in [1.82, 2.24) is 10.6 Å². The predicted octanol–water partition coefficient (Wildman–Crippen LogP) is 3.03. The van der Waals surface area contributed by atoms with E-state index in [1.165, 1.54) is 25.7 Å². The second-order valence-electron chi connectivity index (χ2n) is 5.56. The molecule has 0 aromatic carbocycles. The Labute approximate surface area is 104 Å². The molecule has 0 spiro atoms. The third-order valence-corrected chi connectivity index (χ3v) is 4.36. The summed E-state index contributed by atoms with van der Waals surface area (Å²) >= 11 is 0. The van der Waals surface area contributed by atoms with E-state index < -0.39 is 0 Å². The summed E-state index contributed by atoms with van der Waals surface area (Å²) in [5.41, 5.74) is 0. The van der Waals surface area contributed by atoms with E-state index in [4.69, 9.17) is 0 Å². The third-order valence-electron chi connectivity index (χ3n) is 4.36. The fourth-order valence-electron chi connectivity index (χ4n) is 3.51. The van der Waals surface area contributed by atoms with Crippen LogP contribution in [-0.2, 0) is 0 Å². The van der Waals surface area contributed by atoms with E-state index >= 15 is 0 Å². The van der Waals surface area contributed by atoms with E-state index in [1.807, 2.05) is 13.0 Å². The van der Waals surface area contributed by atoms with Crippen molar-refractivity contribution in [2.45, 2.75) is 52.0 Å². The quantitative estimate of drug-likeness (QED) is 0.774. The fraction of sp³-hybridized carbons (Fsp3) is 0.786. The van der Waals surface area contributed by atoms with E-state index in [2.05, 4.69) is 17.6 Å². The number of carbonyl (C=O) groups excluding carboxylic acids is 1. The van der Waals surface area contributed by atoms with Gasteiger partial charge in [-0.1, -0.05) is 19.4 Å². The smallest absolute Gasteiger partial charge is 0.318 e. The number of rotatable bonds is 4. The van der Waals surface area contributed by atoms with E-state index in [0.717, 1.165) is 18.3 Å². The topological polar surface area (TPSA) is 41.1 Å². The molecule has 2 saturated carbocycles. The Bertz CT molecular complexity index is 301. The first kappa shape index (κ1) is 12.5. The Morgan fingerprint density at radius 3 is 2.82 bits per heavy atom. The molecule has 4 unspecified atom stereocenters. The maximum Gasteiger partial charge on any atom is 0.318 e. The molecule has 0 saturated heterocycles. The number of fused-ring (bicyclic) bond motifs is 2. The highest BCUT2D eigenvalue weighted by molar-refractivity contribution is 5.75. The lowest BCUT2D eigenvalue weighted by Gasteiger charge is -2.28. The van der Waals surface area contributed by atoms with Crippen LogP contribution in [-0.4, -0.2) is 12.1 Å². The van der Waals surface area contributed by atoms with Gasteiger partial charge in [-0.25, -0.2) is 4.79 Å². The number of nitrogens with one attached hydrogen (secondary N) is 2. The van der Waals surface area contributed by atoms with E-state index in [0.29, 0.717) is 12.0 Å². The summed E-state index contributed by atoms with van der Waals surface area (Å²) in [6.07, 6.45) is 10.1. The van der Waals surface area contributed by atoms with Crippen LogP contribution in [0.2, 0.25) is 0 Å². The van der Waals surface area contributed by atoms with Crippen molar-refractivity contribution in [2.75, 3.05) is 0 Å². The maximum atomic E-state index is 11.6. The molecule has 96 valence electrons. The average molecular weight is 236 g/mol. The Kier molecular flexibility index (Phi) is 4.08. The molecule has 0 aromatic rings. The van der Waals surface area contributed by atoms with Crippen molar-refractivity contribution in [3.63, 3.8) is 0 Å². The largest absolute Gasteiger partial charge is 0.335 e. The van der Waals surface area contributed by atoms with Crippen molar-refractivity contribution >= 4 is 6.03 Å². The zero-order valence-electron chi connectivity index (χ0n) is 10.9. The SMILES string of the molecule is CC/C=C/NC(=O)NC(C)C1CC2CCC1C2. The first-order valence-electron chi connectivity index (χ1n) is 6.92. The zero-order chi connectivity index (χ0) is 12.3. The molecule has 0 heterocycles. The summed E-state index contributed by atoms with van der Waals surface area (Å²) in [6.45, 7) is 4.20. The number of carbonyl (C=O) groups is 1. The number of amides is 2. The predicted molar refractivity (Wildman–Crippen MR) is 69.5 cm³/mol. The molecular weight excluding hydrogens is 212 g/mol. The van der Waals surface area contributed by atoms with Crippen molar-refractivity contribution in [3.05, 3.63) is 12.3 Å². The van der Waals surface area contributed by atoms with Gasteiger partial charge in [0.2, 0.25) is 0 Å². The molecule has 3 heteroatoms. The number of allylic oxidation sites excluding steroid dienone is 1. The molecule has 2 N–H and O–H groups in total. The molecule has 2 amide bonds. The van der Waals surface area contributed by atoms with Crippen LogP contribution in [0.1, 0.15) is 46.0 Å². The van der Waals surface area contributed by atoms with Crippen LogP contribution in [0.3, 0.4) is 0 Å². The lowest BCUT2D eigenvalue weighted by Crippen LogP contribution is -2.43. The van der Waals surface area contributed by atoms with Crippen LogP contribution in [0, 0.1) is 17.8 Å². The first-order chi connectivity index (χ1) is 8.20. The molecule has 2 aliphatic rings. The molecule has 2 rings (SSSR count). The van der Waals surface area contributed by atoms with Gasteiger partial charge in [-0.05, 0) is 50.4 Å². The number of urea groups is 1. The minimum Gasteiger partial charge on any atom is -0.335 e. The number of hydrogen-bond donors (Lipinski definition) is 2. The third kappa shape index (κ3) is 3.02. The molecule has 0 aliphatic heterocycles. The molecule has 2 fully saturated rings. The molecule has 17 heavy (non-hydrogen) atoms. The lowest BCUT2D eigenvalue weighted by molar-refractivity contribution is 0.223. The Morgan fingerprint density at radius 1 is 1.41 bits per heavy atom.